The Balaban J connectivity index is 1.27. The molecule has 2 aromatic carbocycles. The smallest absolute Gasteiger partial charge is 0.231 e. The van der Waals surface area contributed by atoms with E-state index in [0.717, 1.165) is 41.7 Å². The lowest BCUT2D eigenvalue weighted by atomic mass is 10.0. The van der Waals surface area contributed by atoms with Crippen molar-refractivity contribution in [2.75, 3.05) is 33.6 Å². The second-order valence-corrected chi connectivity index (χ2v) is 5.87. The molecule has 6 nitrogen and oxygen atoms in total. The Morgan fingerprint density at radius 1 is 1.12 bits per heavy atom. The van der Waals surface area contributed by atoms with E-state index in [9.17, 15) is 0 Å². The molecule has 2 aromatic rings. The van der Waals surface area contributed by atoms with Crippen LogP contribution in [0.1, 0.15) is 17.2 Å². The third kappa shape index (κ3) is 3.23. The standard InChI is InChI=1S/C19H21NO5/c1-21-15-4-2-3-5-16(15)22-9-8-20-10-18-13-6-7-17-19(25-12-24-17)14(13)11-23-18/h2-7,18,20H,8-12H2,1H3. The Morgan fingerprint density at radius 2 is 2.00 bits per heavy atom. The van der Waals surface area contributed by atoms with Crippen LogP contribution in [-0.2, 0) is 11.3 Å². The molecule has 0 spiro atoms. The van der Waals surface area contributed by atoms with Crippen molar-refractivity contribution in [3.05, 3.63) is 47.5 Å². The number of benzene rings is 2. The summed E-state index contributed by atoms with van der Waals surface area (Å²) in [4.78, 5) is 0. The molecule has 1 atom stereocenters. The van der Waals surface area contributed by atoms with Crippen molar-refractivity contribution in [3.8, 4) is 23.0 Å². The van der Waals surface area contributed by atoms with E-state index < -0.39 is 0 Å². The predicted molar refractivity (Wildman–Crippen MR) is 91.5 cm³/mol. The maximum Gasteiger partial charge on any atom is 0.231 e. The normalized spacial score (nSPS) is 17.4. The molecule has 1 unspecified atom stereocenters. The van der Waals surface area contributed by atoms with Gasteiger partial charge in [0.05, 0.1) is 19.8 Å². The summed E-state index contributed by atoms with van der Waals surface area (Å²) < 4.78 is 27.9. The average Bonchev–Trinajstić information content (AvgIpc) is 3.28. The Hall–Kier alpha value is -2.44. The molecule has 2 heterocycles. The number of methoxy groups -OCH3 is 1. The van der Waals surface area contributed by atoms with E-state index in [4.69, 9.17) is 23.7 Å². The summed E-state index contributed by atoms with van der Waals surface area (Å²) in [7, 11) is 1.64. The molecule has 0 saturated carbocycles. The van der Waals surface area contributed by atoms with E-state index >= 15 is 0 Å². The van der Waals surface area contributed by atoms with Gasteiger partial charge in [0, 0.05) is 18.7 Å². The number of rotatable bonds is 7. The van der Waals surface area contributed by atoms with E-state index in [1.165, 1.54) is 5.56 Å². The van der Waals surface area contributed by atoms with Crippen LogP contribution in [0.2, 0.25) is 0 Å². The van der Waals surface area contributed by atoms with Gasteiger partial charge in [0.2, 0.25) is 6.79 Å². The van der Waals surface area contributed by atoms with Gasteiger partial charge >= 0.3 is 0 Å². The zero-order valence-corrected chi connectivity index (χ0v) is 14.1. The molecule has 0 amide bonds. The number of hydrogen-bond donors (Lipinski definition) is 1. The first kappa shape index (κ1) is 16.1. The molecule has 132 valence electrons. The van der Waals surface area contributed by atoms with Gasteiger partial charge in [0.15, 0.2) is 23.0 Å². The van der Waals surface area contributed by atoms with E-state index in [2.05, 4.69) is 11.4 Å². The van der Waals surface area contributed by atoms with Gasteiger partial charge in [-0.25, -0.2) is 0 Å². The molecule has 2 aliphatic heterocycles. The summed E-state index contributed by atoms with van der Waals surface area (Å²) in [6, 6.07) is 11.7. The summed E-state index contributed by atoms with van der Waals surface area (Å²) >= 11 is 0. The van der Waals surface area contributed by atoms with Crippen LogP contribution in [-0.4, -0.2) is 33.6 Å². The SMILES string of the molecule is COc1ccccc1OCCNCC1OCc2c1ccc1c2OCO1. The fourth-order valence-corrected chi connectivity index (χ4v) is 3.14. The zero-order valence-electron chi connectivity index (χ0n) is 14.1. The lowest BCUT2D eigenvalue weighted by Gasteiger charge is -2.14. The first-order chi connectivity index (χ1) is 12.4. The summed E-state index contributed by atoms with van der Waals surface area (Å²) in [6.07, 6.45) is 0.0239. The highest BCUT2D eigenvalue weighted by atomic mass is 16.7. The zero-order chi connectivity index (χ0) is 17.1. The Kier molecular flexibility index (Phi) is 4.63. The van der Waals surface area contributed by atoms with E-state index in [0.29, 0.717) is 13.2 Å². The number of para-hydroxylation sites is 2. The molecule has 0 fully saturated rings. The lowest BCUT2D eigenvalue weighted by molar-refractivity contribution is 0.0646. The van der Waals surface area contributed by atoms with Crippen LogP contribution < -0.4 is 24.3 Å². The molecule has 1 N–H and O–H groups in total. The molecule has 0 aromatic heterocycles. The maximum absolute atomic E-state index is 5.89. The van der Waals surface area contributed by atoms with Crippen molar-refractivity contribution in [1.29, 1.82) is 0 Å². The fraction of sp³-hybridized carbons (Fsp3) is 0.368. The molecule has 2 aliphatic rings. The molecule has 0 radical (unpaired) electrons. The van der Waals surface area contributed by atoms with Gasteiger partial charge in [-0.05, 0) is 23.8 Å². The minimum absolute atomic E-state index is 0.0239. The van der Waals surface area contributed by atoms with Crippen LogP contribution in [0.3, 0.4) is 0 Å². The first-order valence-corrected chi connectivity index (χ1v) is 8.36. The molecule has 6 heteroatoms. The minimum Gasteiger partial charge on any atom is -0.493 e. The van der Waals surface area contributed by atoms with Crippen LogP contribution in [0.4, 0.5) is 0 Å². The van der Waals surface area contributed by atoms with E-state index in [-0.39, 0.29) is 12.9 Å². The number of hydrogen-bond acceptors (Lipinski definition) is 6. The predicted octanol–water partition coefficient (Wildman–Crippen LogP) is 2.66. The van der Waals surface area contributed by atoms with Gasteiger partial charge < -0.3 is 29.0 Å². The summed E-state index contributed by atoms with van der Waals surface area (Å²) in [5.74, 6) is 3.13. The lowest BCUT2D eigenvalue weighted by Crippen LogP contribution is -2.26. The largest absolute Gasteiger partial charge is 0.493 e. The summed E-state index contributed by atoms with van der Waals surface area (Å²) in [5, 5.41) is 3.38. The molecule has 25 heavy (non-hydrogen) atoms. The van der Waals surface area contributed by atoms with Crippen molar-refractivity contribution in [1.82, 2.24) is 5.32 Å². The van der Waals surface area contributed by atoms with Crippen LogP contribution in [0, 0.1) is 0 Å². The van der Waals surface area contributed by atoms with Gasteiger partial charge in [0.1, 0.15) is 6.61 Å². The van der Waals surface area contributed by atoms with Crippen molar-refractivity contribution < 1.29 is 23.7 Å². The van der Waals surface area contributed by atoms with Crippen LogP contribution in [0.25, 0.3) is 0 Å². The Morgan fingerprint density at radius 3 is 2.88 bits per heavy atom. The monoisotopic (exact) mass is 343 g/mol. The average molecular weight is 343 g/mol. The molecule has 0 bridgehead atoms. The first-order valence-electron chi connectivity index (χ1n) is 8.36. The van der Waals surface area contributed by atoms with Gasteiger partial charge in [-0.15, -0.1) is 0 Å². The highest BCUT2D eigenvalue weighted by molar-refractivity contribution is 5.53. The van der Waals surface area contributed by atoms with Crippen molar-refractivity contribution in [2.45, 2.75) is 12.7 Å². The van der Waals surface area contributed by atoms with Crippen molar-refractivity contribution in [3.63, 3.8) is 0 Å². The van der Waals surface area contributed by atoms with Gasteiger partial charge in [0.25, 0.3) is 0 Å². The summed E-state index contributed by atoms with van der Waals surface area (Å²) in [5.41, 5.74) is 2.27. The Bertz CT molecular complexity index is 749. The van der Waals surface area contributed by atoms with Crippen LogP contribution >= 0.6 is 0 Å². The number of fused-ring (bicyclic) bond motifs is 3. The Labute approximate surface area is 146 Å². The highest BCUT2D eigenvalue weighted by Gasteiger charge is 2.30. The summed E-state index contributed by atoms with van der Waals surface area (Å²) in [6.45, 7) is 2.85. The minimum atomic E-state index is 0.0239. The van der Waals surface area contributed by atoms with Gasteiger partial charge in [-0.1, -0.05) is 18.2 Å². The third-order valence-electron chi connectivity index (χ3n) is 4.39. The molecular formula is C19H21NO5. The van der Waals surface area contributed by atoms with Gasteiger partial charge in [-0.2, -0.15) is 0 Å². The van der Waals surface area contributed by atoms with E-state index in [1.54, 1.807) is 7.11 Å². The second-order valence-electron chi connectivity index (χ2n) is 5.87. The molecular weight excluding hydrogens is 322 g/mol. The van der Waals surface area contributed by atoms with E-state index in [1.807, 2.05) is 30.3 Å². The quantitative estimate of drug-likeness (QED) is 0.780. The maximum atomic E-state index is 5.89. The molecule has 0 saturated heterocycles. The molecule has 0 aliphatic carbocycles. The van der Waals surface area contributed by atoms with Gasteiger partial charge in [-0.3, -0.25) is 0 Å². The number of ether oxygens (including phenoxy) is 5. The fourth-order valence-electron chi connectivity index (χ4n) is 3.14. The van der Waals surface area contributed by atoms with Crippen molar-refractivity contribution in [2.24, 2.45) is 0 Å². The highest BCUT2D eigenvalue weighted by Crippen LogP contribution is 2.43. The topological polar surface area (TPSA) is 58.2 Å². The van der Waals surface area contributed by atoms with Crippen molar-refractivity contribution >= 4 is 0 Å². The second kappa shape index (κ2) is 7.21. The third-order valence-corrected chi connectivity index (χ3v) is 4.39. The van der Waals surface area contributed by atoms with Crippen LogP contribution in [0.15, 0.2) is 36.4 Å². The number of nitrogens with one attached hydrogen (secondary N) is 1. The van der Waals surface area contributed by atoms with Crippen LogP contribution in [0.5, 0.6) is 23.0 Å². The molecule has 4 rings (SSSR count).